The highest BCUT2D eigenvalue weighted by molar-refractivity contribution is 5.27. The number of rotatable bonds is 6. The molecule has 0 radical (unpaired) electrons. The molecule has 1 N–H and O–H groups in total. The minimum absolute atomic E-state index is 0.0404. The highest BCUT2D eigenvalue weighted by Crippen LogP contribution is 2.67. The molecule has 0 unspecified atom stereocenters. The van der Waals surface area contributed by atoms with E-state index >= 15 is 0 Å². The number of hydrogen-bond acceptors (Lipinski definition) is 1. The second kappa shape index (κ2) is 8.57. The molecule has 9 atom stereocenters. The first-order valence-electron chi connectivity index (χ1n) is 13.6. The van der Waals surface area contributed by atoms with Gasteiger partial charge in [0.15, 0.2) is 0 Å². The first kappa shape index (κ1) is 22.9. The third-order valence-corrected chi connectivity index (χ3v) is 11.3. The van der Waals surface area contributed by atoms with Crippen LogP contribution in [0.4, 0.5) is 0 Å². The molecule has 0 spiro atoms. The SMILES string of the molecule is CC[C@H](CC[C@@H](C)[C@H]1CC[C@H]2C3=CC[C@H]4C[C@@H](O)CC[C@]4(C)[C@H]3CC[C@]12C)C(C)C. The quantitative estimate of drug-likeness (QED) is 0.436. The lowest BCUT2D eigenvalue weighted by molar-refractivity contribution is -0.0428. The molecule has 0 amide bonds. The molecule has 0 saturated heterocycles. The zero-order valence-corrected chi connectivity index (χ0v) is 20.9. The van der Waals surface area contributed by atoms with Gasteiger partial charge in [-0.3, -0.25) is 0 Å². The van der Waals surface area contributed by atoms with Crippen LogP contribution in [0.15, 0.2) is 11.6 Å². The molecule has 172 valence electrons. The molecule has 0 bridgehead atoms. The summed E-state index contributed by atoms with van der Waals surface area (Å²) >= 11 is 0. The van der Waals surface area contributed by atoms with E-state index in [0.29, 0.717) is 10.8 Å². The van der Waals surface area contributed by atoms with Crippen molar-refractivity contribution in [2.75, 3.05) is 0 Å². The van der Waals surface area contributed by atoms with Gasteiger partial charge in [-0.05, 0) is 110 Å². The van der Waals surface area contributed by atoms with Crippen LogP contribution in [0, 0.1) is 52.3 Å². The first-order valence-corrected chi connectivity index (χ1v) is 13.6. The number of hydrogen-bond donors (Lipinski definition) is 1. The predicted molar refractivity (Wildman–Crippen MR) is 128 cm³/mol. The Labute approximate surface area is 187 Å². The van der Waals surface area contributed by atoms with E-state index in [1.807, 2.05) is 5.57 Å². The molecule has 30 heavy (non-hydrogen) atoms. The molecule has 0 aromatic rings. The largest absolute Gasteiger partial charge is 0.393 e. The lowest BCUT2D eigenvalue weighted by atomic mass is 9.47. The summed E-state index contributed by atoms with van der Waals surface area (Å²) < 4.78 is 0. The zero-order chi connectivity index (χ0) is 21.7. The average Bonchev–Trinajstić information content (AvgIpc) is 3.06. The Morgan fingerprint density at radius 2 is 1.67 bits per heavy atom. The van der Waals surface area contributed by atoms with Gasteiger partial charge in [-0.25, -0.2) is 0 Å². The number of aliphatic hydroxyl groups excluding tert-OH is 1. The average molecular weight is 415 g/mol. The number of allylic oxidation sites excluding steroid dienone is 2. The Morgan fingerprint density at radius 1 is 0.967 bits per heavy atom. The van der Waals surface area contributed by atoms with Gasteiger partial charge in [-0.1, -0.05) is 66.0 Å². The van der Waals surface area contributed by atoms with Crippen molar-refractivity contribution in [2.24, 2.45) is 52.3 Å². The zero-order valence-electron chi connectivity index (χ0n) is 20.9. The van der Waals surface area contributed by atoms with Crippen LogP contribution in [0.1, 0.15) is 112 Å². The summed E-state index contributed by atoms with van der Waals surface area (Å²) in [4.78, 5) is 0. The van der Waals surface area contributed by atoms with Crippen molar-refractivity contribution in [3.63, 3.8) is 0 Å². The minimum Gasteiger partial charge on any atom is -0.393 e. The molecule has 0 heterocycles. The lowest BCUT2D eigenvalue weighted by Gasteiger charge is -2.57. The van der Waals surface area contributed by atoms with Crippen molar-refractivity contribution in [1.29, 1.82) is 0 Å². The molecule has 4 aliphatic rings. The Kier molecular flexibility index (Phi) is 6.53. The normalized spacial score (nSPS) is 45.3. The van der Waals surface area contributed by atoms with Crippen LogP contribution >= 0.6 is 0 Å². The Hall–Kier alpha value is -0.300. The minimum atomic E-state index is -0.0404. The smallest absolute Gasteiger partial charge is 0.0543 e. The molecule has 3 saturated carbocycles. The van der Waals surface area contributed by atoms with Crippen LogP contribution in [0.5, 0.6) is 0 Å². The fourth-order valence-corrected chi connectivity index (χ4v) is 9.15. The van der Waals surface area contributed by atoms with E-state index in [2.05, 4.69) is 47.6 Å². The maximum Gasteiger partial charge on any atom is 0.0543 e. The van der Waals surface area contributed by atoms with Gasteiger partial charge in [0.25, 0.3) is 0 Å². The fourth-order valence-electron chi connectivity index (χ4n) is 9.15. The van der Waals surface area contributed by atoms with Crippen molar-refractivity contribution in [2.45, 2.75) is 118 Å². The molecule has 1 heteroatoms. The number of aliphatic hydroxyl groups is 1. The van der Waals surface area contributed by atoms with Gasteiger partial charge in [-0.15, -0.1) is 0 Å². The standard InChI is InChI=1S/C29H50O/c1-7-21(19(2)3)9-8-20(4)25-12-13-26-24-11-10-22-18-23(30)14-16-28(22,5)27(24)15-17-29(25,26)6/h11,19-23,25-27,30H,7-10,12-18H2,1-6H3/t20-,21-,22+,23+,25-,26+,27+,28+,29-/m1/s1. The number of fused-ring (bicyclic) bond motifs is 5. The molecule has 0 aromatic carbocycles. The Bertz CT molecular complexity index is 634. The van der Waals surface area contributed by atoms with Gasteiger partial charge >= 0.3 is 0 Å². The monoisotopic (exact) mass is 414 g/mol. The van der Waals surface area contributed by atoms with Gasteiger partial charge in [0.2, 0.25) is 0 Å². The van der Waals surface area contributed by atoms with E-state index in [9.17, 15) is 5.11 Å². The van der Waals surface area contributed by atoms with Crippen LogP contribution in [-0.2, 0) is 0 Å². The van der Waals surface area contributed by atoms with E-state index in [1.165, 1.54) is 57.8 Å². The summed E-state index contributed by atoms with van der Waals surface area (Å²) in [6.45, 7) is 15.1. The van der Waals surface area contributed by atoms with Crippen LogP contribution < -0.4 is 0 Å². The van der Waals surface area contributed by atoms with Crippen molar-refractivity contribution in [3.8, 4) is 0 Å². The molecule has 3 fully saturated rings. The van der Waals surface area contributed by atoms with Crippen molar-refractivity contribution in [3.05, 3.63) is 11.6 Å². The third kappa shape index (κ3) is 3.74. The molecule has 4 rings (SSSR count). The Morgan fingerprint density at radius 3 is 2.37 bits per heavy atom. The third-order valence-electron chi connectivity index (χ3n) is 11.3. The van der Waals surface area contributed by atoms with Gasteiger partial charge in [-0.2, -0.15) is 0 Å². The summed E-state index contributed by atoms with van der Waals surface area (Å²) in [7, 11) is 0. The van der Waals surface area contributed by atoms with Crippen molar-refractivity contribution in [1.82, 2.24) is 0 Å². The highest BCUT2D eigenvalue weighted by atomic mass is 16.3. The van der Waals surface area contributed by atoms with Crippen molar-refractivity contribution < 1.29 is 5.11 Å². The topological polar surface area (TPSA) is 20.2 Å². The maximum atomic E-state index is 10.3. The van der Waals surface area contributed by atoms with Gasteiger partial charge in [0, 0.05) is 0 Å². The van der Waals surface area contributed by atoms with Crippen LogP contribution in [-0.4, -0.2) is 11.2 Å². The first-order chi connectivity index (χ1) is 14.2. The van der Waals surface area contributed by atoms with E-state index in [-0.39, 0.29) is 6.10 Å². The van der Waals surface area contributed by atoms with Crippen LogP contribution in [0.3, 0.4) is 0 Å². The van der Waals surface area contributed by atoms with Gasteiger partial charge < -0.3 is 5.11 Å². The Balaban J connectivity index is 1.48. The van der Waals surface area contributed by atoms with Gasteiger partial charge in [0.1, 0.15) is 0 Å². The maximum absolute atomic E-state index is 10.3. The summed E-state index contributed by atoms with van der Waals surface area (Å²) in [5, 5.41) is 10.3. The van der Waals surface area contributed by atoms with Crippen LogP contribution in [0.25, 0.3) is 0 Å². The predicted octanol–water partition coefficient (Wildman–Crippen LogP) is 8.02. The van der Waals surface area contributed by atoms with E-state index in [4.69, 9.17) is 0 Å². The second-order valence-corrected chi connectivity index (χ2v) is 12.9. The summed E-state index contributed by atoms with van der Waals surface area (Å²) in [5.41, 5.74) is 2.88. The summed E-state index contributed by atoms with van der Waals surface area (Å²) in [6.07, 6.45) is 17.2. The molecule has 0 aromatic heterocycles. The molecule has 4 aliphatic carbocycles. The fraction of sp³-hybridized carbons (Fsp3) is 0.931. The molecule has 0 aliphatic heterocycles. The van der Waals surface area contributed by atoms with E-state index in [1.54, 1.807) is 0 Å². The molecular formula is C29H50O. The lowest BCUT2D eigenvalue weighted by Crippen LogP contribution is -2.49. The highest BCUT2D eigenvalue weighted by Gasteiger charge is 2.58. The van der Waals surface area contributed by atoms with E-state index in [0.717, 1.165) is 54.3 Å². The summed E-state index contributed by atoms with van der Waals surface area (Å²) in [6, 6.07) is 0. The van der Waals surface area contributed by atoms with Crippen molar-refractivity contribution >= 4 is 0 Å². The molecule has 1 nitrogen and oxygen atoms in total. The summed E-state index contributed by atoms with van der Waals surface area (Å²) in [5.74, 6) is 5.92. The van der Waals surface area contributed by atoms with E-state index < -0.39 is 0 Å². The second-order valence-electron chi connectivity index (χ2n) is 12.9. The van der Waals surface area contributed by atoms with Gasteiger partial charge in [0.05, 0.1) is 6.10 Å². The van der Waals surface area contributed by atoms with Crippen LogP contribution in [0.2, 0.25) is 0 Å². The molecular weight excluding hydrogens is 364 g/mol.